The van der Waals surface area contributed by atoms with Crippen molar-refractivity contribution in [1.29, 1.82) is 0 Å². The van der Waals surface area contributed by atoms with E-state index in [1.807, 2.05) is 0 Å². The third kappa shape index (κ3) is 1.05. The fourth-order valence-corrected chi connectivity index (χ4v) is 1.15. The van der Waals surface area contributed by atoms with Crippen LogP contribution in [0.5, 0.6) is 0 Å². The molecular weight excluding hydrogens is 162 g/mol. The van der Waals surface area contributed by atoms with Crippen LogP contribution in [0.2, 0.25) is 0 Å². The van der Waals surface area contributed by atoms with E-state index < -0.39 is 0 Å². The highest BCUT2D eigenvalue weighted by atomic mass is 32.1. The van der Waals surface area contributed by atoms with Gasteiger partial charge in [-0.1, -0.05) is 0 Å². The number of nitrogens with zero attached hydrogens (tertiary/aromatic N) is 3. The largest absolute Gasteiger partial charge is 0.357 e. The Balaban J connectivity index is 2.41. The smallest absolute Gasteiger partial charge is 0.179 e. The zero-order valence-electron chi connectivity index (χ0n) is 5.96. The molecule has 1 aliphatic heterocycles. The number of hydrogen-bond donors (Lipinski definition) is 2. The molecule has 58 valence electrons. The fourth-order valence-electron chi connectivity index (χ4n) is 0.979. The molecule has 2 N–H and O–H groups in total. The van der Waals surface area contributed by atoms with Gasteiger partial charge in [0.15, 0.2) is 10.9 Å². The van der Waals surface area contributed by atoms with Crippen LogP contribution in [0.4, 0.5) is 5.82 Å². The summed E-state index contributed by atoms with van der Waals surface area (Å²) in [7, 11) is 1.78. The number of fused-ring (bicyclic) bond motifs is 1. The Labute approximate surface area is 68.8 Å². The van der Waals surface area contributed by atoms with Gasteiger partial charge >= 0.3 is 0 Å². The number of aromatic nitrogens is 3. The van der Waals surface area contributed by atoms with E-state index in [-0.39, 0.29) is 0 Å². The summed E-state index contributed by atoms with van der Waals surface area (Å²) in [5, 5.41) is 14.6. The molecule has 0 spiro atoms. The zero-order chi connectivity index (χ0) is 7.84. The van der Waals surface area contributed by atoms with Crippen molar-refractivity contribution in [2.24, 2.45) is 7.05 Å². The normalized spacial score (nSPS) is 15.2. The van der Waals surface area contributed by atoms with Gasteiger partial charge < -0.3 is 10.6 Å². The Bertz CT molecular complexity index is 304. The van der Waals surface area contributed by atoms with Crippen LogP contribution >= 0.6 is 12.2 Å². The second kappa shape index (κ2) is 2.16. The molecule has 0 radical (unpaired) electrons. The lowest BCUT2D eigenvalue weighted by molar-refractivity contribution is 0.645. The first-order valence-electron chi connectivity index (χ1n) is 3.21. The topological polar surface area (TPSA) is 54.8 Å². The van der Waals surface area contributed by atoms with Crippen molar-refractivity contribution in [3.8, 4) is 0 Å². The van der Waals surface area contributed by atoms with E-state index >= 15 is 0 Å². The first-order chi connectivity index (χ1) is 5.25. The van der Waals surface area contributed by atoms with E-state index in [1.165, 1.54) is 4.80 Å². The summed E-state index contributed by atoms with van der Waals surface area (Å²) in [6.45, 7) is 0.662. The Morgan fingerprint density at radius 1 is 1.55 bits per heavy atom. The summed E-state index contributed by atoms with van der Waals surface area (Å²) >= 11 is 4.89. The molecule has 0 bridgehead atoms. The third-order valence-electron chi connectivity index (χ3n) is 1.43. The molecule has 0 aromatic carbocycles. The standard InChI is InChI=1S/C5H7N5S/c1-10-8-3-2-6-5(11)7-4(3)9-10/h2H2,1H3,(H2,6,7,9,11). The molecule has 1 aromatic rings. The number of aryl methyl sites for hydroxylation is 1. The molecule has 1 aliphatic rings. The van der Waals surface area contributed by atoms with Gasteiger partial charge in [-0.05, 0) is 12.2 Å². The number of hydrogen-bond acceptors (Lipinski definition) is 3. The van der Waals surface area contributed by atoms with Gasteiger partial charge in [-0.25, -0.2) is 0 Å². The van der Waals surface area contributed by atoms with Gasteiger partial charge in [-0.15, -0.1) is 5.10 Å². The molecule has 0 amide bonds. The predicted octanol–water partition coefficient (Wildman–Crippen LogP) is -0.385. The first-order valence-corrected chi connectivity index (χ1v) is 3.61. The molecule has 6 heteroatoms. The molecule has 0 saturated carbocycles. The lowest BCUT2D eigenvalue weighted by atomic mass is 10.4. The Morgan fingerprint density at radius 2 is 2.36 bits per heavy atom. The minimum atomic E-state index is 0.609. The predicted molar refractivity (Wildman–Crippen MR) is 44.1 cm³/mol. The highest BCUT2D eigenvalue weighted by Crippen LogP contribution is 2.11. The van der Waals surface area contributed by atoms with Gasteiger partial charge in [-0.3, -0.25) is 0 Å². The molecule has 11 heavy (non-hydrogen) atoms. The van der Waals surface area contributed by atoms with Gasteiger partial charge in [0, 0.05) is 7.05 Å². The number of thiocarbonyl (C=S) groups is 1. The highest BCUT2D eigenvalue weighted by Gasteiger charge is 2.15. The summed E-state index contributed by atoms with van der Waals surface area (Å²) in [6.07, 6.45) is 0. The Kier molecular flexibility index (Phi) is 1.28. The summed E-state index contributed by atoms with van der Waals surface area (Å²) in [6, 6.07) is 0. The average Bonchev–Trinajstić information content (AvgIpc) is 2.27. The van der Waals surface area contributed by atoms with Crippen LogP contribution in [-0.2, 0) is 13.6 Å². The van der Waals surface area contributed by atoms with Crippen LogP contribution in [0.3, 0.4) is 0 Å². The number of rotatable bonds is 0. The highest BCUT2D eigenvalue weighted by molar-refractivity contribution is 7.80. The number of anilines is 1. The Morgan fingerprint density at radius 3 is 3.18 bits per heavy atom. The van der Waals surface area contributed by atoms with Gasteiger partial charge in [0.2, 0.25) is 0 Å². The van der Waals surface area contributed by atoms with Gasteiger partial charge in [0.25, 0.3) is 0 Å². The average molecular weight is 169 g/mol. The van der Waals surface area contributed by atoms with E-state index in [1.54, 1.807) is 7.05 Å². The maximum Gasteiger partial charge on any atom is 0.179 e. The van der Waals surface area contributed by atoms with Crippen molar-refractivity contribution in [3.05, 3.63) is 5.69 Å². The van der Waals surface area contributed by atoms with E-state index in [2.05, 4.69) is 20.8 Å². The van der Waals surface area contributed by atoms with Gasteiger partial charge in [0.05, 0.1) is 6.54 Å². The third-order valence-corrected chi connectivity index (χ3v) is 1.68. The maximum absolute atomic E-state index is 4.89. The van der Waals surface area contributed by atoms with E-state index in [0.717, 1.165) is 11.5 Å². The molecule has 2 rings (SSSR count). The summed E-state index contributed by atoms with van der Waals surface area (Å²) in [4.78, 5) is 1.52. The van der Waals surface area contributed by atoms with E-state index in [4.69, 9.17) is 12.2 Å². The van der Waals surface area contributed by atoms with Crippen molar-refractivity contribution in [3.63, 3.8) is 0 Å². The van der Waals surface area contributed by atoms with Crippen molar-refractivity contribution in [1.82, 2.24) is 20.3 Å². The van der Waals surface area contributed by atoms with Crippen LogP contribution in [0.25, 0.3) is 0 Å². The van der Waals surface area contributed by atoms with Crippen LogP contribution in [0, 0.1) is 0 Å². The minimum Gasteiger partial charge on any atom is -0.357 e. The lowest BCUT2D eigenvalue weighted by Crippen LogP contribution is -2.33. The Hall–Kier alpha value is -1.17. The quantitative estimate of drug-likeness (QED) is 0.518. The maximum atomic E-state index is 4.89. The van der Waals surface area contributed by atoms with E-state index in [0.29, 0.717) is 11.7 Å². The number of nitrogens with one attached hydrogen (secondary N) is 2. The van der Waals surface area contributed by atoms with E-state index in [9.17, 15) is 0 Å². The zero-order valence-corrected chi connectivity index (χ0v) is 6.77. The molecule has 0 aliphatic carbocycles. The monoisotopic (exact) mass is 169 g/mol. The summed E-state index contributed by atoms with van der Waals surface area (Å²) in [5.74, 6) is 0.760. The van der Waals surface area contributed by atoms with Crippen molar-refractivity contribution >= 4 is 23.1 Å². The second-order valence-corrected chi connectivity index (χ2v) is 2.70. The van der Waals surface area contributed by atoms with Crippen LogP contribution in [0.1, 0.15) is 5.69 Å². The summed E-state index contributed by atoms with van der Waals surface area (Å²) in [5.41, 5.74) is 0.904. The molecule has 0 atom stereocenters. The molecular formula is C5H7N5S. The molecule has 0 fully saturated rings. The molecule has 0 saturated heterocycles. The SMILES string of the molecule is Cn1nc2c(n1)NC(=S)NC2. The van der Waals surface area contributed by atoms with Crippen LogP contribution in [0.15, 0.2) is 0 Å². The fraction of sp³-hybridized carbons (Fsp3) is 0.400. The van der Waals surface area contributed by atoms with Crippen LogP contribution in [-0.4, -0.2) is 20.1 Å². The molecule has 0 unspecified atom stereocenters. The first kappa shape index (κ1) is 6.53. The van der Waals surface area contributed by atoms with Crippen molar-refractivity contribution in [2.45, 2.75) is 6.54 Å². The second-order valence-electron chi connectivity index (χ2n) is 2.29. The van der Waals surface area contributed by atoms with Crippen molar-refractivity contribution in [2.75, 3.05) is 5.32 Å². The lowest BCUT2D eigenvalue weighted by Gasteiger charge is -2.13. The summed E-state index contributed by atoms with van der Waals surface area (Å²) < 4.78 is 0. The van der Waals surface area contributed by atoms with Gasteiger partial charge in [-0.2, -0.15) is 9.90 Å². The van der Waals surface area contributed by atoms with Crippen molar-refractivity contribution < 1.29 is 0 Å². The molecule has 1 aromatic heterocycles. The molecule has 5 nitrogen and oxygen atoms in total. The minimum absolute atomic E-state index is 0.609. The molecule has 2 heterocycles. The van der Waals surface area contributed by atoms with Gasteiger partial charge in [0.1, 0.15) is 5.69 Å². The van der Waals surface area contributed by atoms with Crippen LogP contribution < -0.4 is 10.6 Å².